The quantitative estimate of drug-likeness (QED) is 0.821. The van der Waals surface area contributed by atoms with Crippen molar-refractivity contribution in [1.29, 1.82) is 0 Å². The molecule has 0 aliphatic heterocycles. The molecule has 0 bridgehead atoms. The van der Waals surface area contributed by atoms with Crippen LogP contribution in [-0.2, 0) is 0 Å². The Balaban J connectivity index is 2.34. The van der Waals surface area contributed by atoms with Gasteiger partial charge >= 0.3 is 0 Å². The van der Waals surface area contributed by atoms with E-state index in [1.54, 1.807) is 0 Å². The Morgan fingerprint density at radius 1 is 1.22 bits per heavy atom. The van der Waals surface area contributed by atoms with Crippen LogP contribution in [0.5, 0.6) is 0 Å². The van der Waals surface area contributed by atoms with Gasteiger partial charge in [-0.1, -0.05) is 50.5 Å². The smallest absolute Gasteiger partial charge is 0.0377 e. The molecule has 1 aliphatic carbocycles. The average molecular weight is 245 g/mol. The molecule has 0 aromatic heterocycles. The van der Waals surface area contributed by atoms with Crippen molar-refractivity contribution in [2.75, 3.05) is 6.54 Å². The highest BCUT2D eigenvalue weighted by Gasteiger charge is 2.37. The molecule has 100 valence electrons. The first-order valence-corrected chi connectivity index (χ1v) is 7.37. The molecule has 1 fully saturated rings. The third-order valence-corrected chi connectivity index (χ3v) is 4.59. The summed E-state index contributed by atoms with van der Waals surface area (Å²) in [4.78, 5) is 0. The summed E-state index contributed by atoms with van der Waals surface area (Å²) in [6, 6.07) is 7.43. The highest BCUT2D eigenvalue weighted by Crippen LogP contribution is 2.47. The van der Waals surface area contributed by atoms with Crippen LogP contribution in [0.3, 0.4) is 0 Å². The van der Waals surface area contributed by atoms with E-state index in [0.29, 0.717) is 11.5 Å². The van der Waals surface area contributed by atoms with Crippen LogP contribution in [0.15, 0.2) is 18.2 Å². The van der Waals surface area contributed by atoms with Crippen molar-refractivity contribution in [2.45, 2.75) is 59.4 Å². The van der Waals surface area contributed by atoms with E-state index in [2.05, 4.69) is 51.2 Å². The van der Waals surface area contributed by atoms with Gasteiger partial charge in [0, 0.05) is 6.04 Å². The van der Waals surface area contributed by atoms with Gasteiger partial charge < -0.3 is 5.32 Å². The second-order valence-corrected chi connectivity index (χ2v) is 6.21. The lowest BCUT2D eigenvalue weighted by atomic mass is 9.76. The molecule has 2 rings (SSSR count). The first-order chi connectivity index (χ1) is 8.57. The van der Waals surface area contributed by atoms with Gasteiger partial charge in [-0.2, -0.15) is 0 Å². The lowest BCUT2D eigenvalue weighted by molar-refractivity contribution is 0.225. The van der Waals surface area contributed by atoms with Gasteiger partial charge in [-0.3, -0.25) is 0 Å². The van der Waals surface area contributed by atoms with Crippen LogP contribution in [0.25, 0.3) is 0 Å². The van der Waals surface area contributed by atoms with Gasteiger partial charge in [0.05, 0.1) is 0 Å². The molecule has 1 aromatic rings. The van der Waals surface area contributed by atoms with Crippen LogP contribution in [0, 0.1) is 19.3 Å². The second-order valence-electron chi connectivity index (χ2n) is 6.21. The normalized spacial score (nSPS) is 20.0. The standard InChI is InChI=1S/C17H27N/c1-5-18-16(17(4)10-6-7-11-17)15-9-8-13(2)12-14(15)3/h8-9,12,16,18H,5-7,10-11H2,1-4H3. The summed E-state index contributed by atoms with van der Waals surface area (Å²) in [7, 11) is 0. The minimum Gasteiger partial charge on any atom is -0.310 e. The van der Waals surface area contributed by atoms with Crippen molar-refractivity contribution < 1.29 is 0 Å². The second kappa shape index (κ2) is 5.44. The molecule has 1 unspecified atom stereocenters. The van der Waals surface area contributed by atoms with Crippen molar-refractivity contribution in [3.05, 3.63) is 34.9 Å². The zero-order chi connectivity index (χ0) is 13.2. The number of hydrogen-bond donors (Lipinski definition) is 1. The lowest BCUT2D eigenvalue weighted by Gasteiger charge is -2.36. The Bertz CT molecular complexity index is 402. The molecule has 0 spiro atoms. The first-order valence-electron chi connectivity index (χ1n) is 7.37. The maximum absolute atomic E-state index is 3.74. The van der Waals surface area contributed by atoms with E-state index in [4.69, 9.17) is 0 Å². The number of aryl methyl sites for hydroxylation is 2. The van der Waals surface area contributed by atoms with Gasteiger partial charge in [0.15, 0.2) is 0 Å². The van der Waals surface area contributed by atoms with Crippen molar-refractivity contribution >= 4 is 0 Å². The Kier molecular flexibility index (Phi) is 4.11. The fraction of sp³-hybridized carbons (Fsp3) is 0.647. The minimum atomic E-state index is 0.441. The summed E-state index contributed by atoms with van der Waals surface area (Å²) in [6.07, 6.45) is 5.50. The third-order valence-electron chi connectivity index (χ3n) is 4.59. The summed E-state index contributed by atoms with van der Waals surface area (Å²) in [5.41, 5.74) is 4.75. The third kappa shape index (κ3) is 2.61. The zero-order valence-electron chi connectivity index (χ0n) is 12.3. The molecule has 1 heteroatoms. The molecule has 0 saturated heterocycles. The predicted molar refractivity (Wildman–Crippen MR) is 78.9 cm³/mol. The summed E-state index contributed by atoms with van der Waals surface area (Å²) >= 11 is 0. The van der Waals surface area contributed by atoms with E-state index < -0.39 is 0 Å². The van der Waals surface area contributed by atoms with Gasteiger partial charge in [-0.25, -0.2) is 0 Å². The number of hydrogen-bond acceptors (Lipinski definition) is 1. The minimum absolute atomic E-state index is 0.441. The van der Waals surface area contributed by atoms with Crippen LogP contribution >= 0.6 is 0 Å². The van der Waals surface area contributed by atoms with Crippen molar-refractivity contribution in [3.8, 4) is 0 Å². The first kappa shape index (κ1) is 13.6. The number of nitrogens with one attached hydrogen (secondary N) is 1. The summed E-state index contributed by atoms with van der Waals surface area (Å²) in [5, 5.41) is 3.74. The molecule has 1 aliphatic rings. The number of rotatable bonds is 4. The van der Waals surface area contributed by atoms with E-state index >= 15 is 0 Å². The van der Waals surface area contributed by atoms with Gasteiger partial charge in [-0.15, -0.1) is 0 Å². The number of benzene rings is 1. The molecular weight excluding hydrogens is 218 g/mol. The molecule has 1 N–H and O–H groups in total. The molecule has 1 aromatic carbocycles. The van der Waals surface area contributed by atoms with Crippen LogP contribution in [0.2, 0.25) is 0 Å². The highest BCUT2D eigenvalue weighted by molar-refractivity contribution is 5.34. The summed E-state index contributed by atoms with van der Waals surface area (Å²) in [5.74, 6) is 0. The Hall–Kier alpha value is -0.820. The predicted octanol–water partition coefficient (Wildman–Crippen LogP) is 4.53. The largest absolute Gasteiger partial charge is 0.310 e. The molecule has 1 atom stereocenters. The zero-order valence-corrected chi connectivity index (χ0v) is 12.3. The SMILES string of the molecule is CCNC(c1ccc(C)cc1C)C1(C)CCCC1. The van der Waals surface area contributed by atoms with Crippen LogP contribution in [-0.4, -0.2) is 6.54 Å². The monoisotopic (exact) mass is 245 g/mol. The topological polar surface area (TPSA) is 12.0 Å². The van der Waals surface area contributed by atoms with E-state index in [1.165, 1.54) is 42.4 Å². The van der Waals surface area contributed by atoms with E-state index in [-0.39, 0.29) is 0 Å². The van der Waals surface area contributed by atoms with Crippen molar-refractivity contribution in [2.24, 2.45) is 5.41 Å². The molecule has 1 saturated carbocycles. The summed E-state index contributed by atoms with van der Waals surface area (Å²) < 4.78 is 0. The van der Waals surface area contributed by atoms with Crippen molar-refractivity contribution in [1.82, 2.24) is 5.32 Å². The van der Waals surface area contributed by atoms with Gasteiger partial charge in [0.2, 0.25) is 0 Å². The van der Waals surface area contributed by atoms with Crippen LogP contribution < -0.4 is 5.32 Å². The van der Waals surface area contributed by atoms with E-state index in [0.717, 1.165) is 6.54 Å². The highest BCUT2D eigenvalue weighted by atomic mass is 14.9. The van der Waals surface area contributed by atoms with Gasteiger partial charge in [0.25, 0.3) is 0 Å². The molecule has 0 radical (unpaired) electrons. The molecule has 1 nitrogen and oxygen atoms in total. The molecule has 0 heterocycles. The molecule has 0 amide bonds. The molecule has 18 heavy (non-hydrogen) atoms. The van der Waals surface area contributed by atoms with Gasteiger partial charge in [-0.05, 0) is 49.8 Å². The Morgan fingerprint density at radius 3 is 2.44 bits per heavy atom. The van der Waals surface area contributed by atoms with Crippen LogP contribution in [0.1, 0.15) is 62.3 Å². The maximum atomic E-state index is 3.74. The van der Waals surface area contributed by atoms with Crippen LogP contribution in [0.4, 0.5) is 0 Å². The average Bonchev–Trinajstić information content (AvgIpc) is 2.75. The maximum Gasteiger partial charge on any atom is 0.0377 e. The fourth-order valence-electron chi connectivity index (χ4n) is 3.56. The molecular formula is C17H27N. The van der Waals surface area contributed by atoms with Gasteiger partial charge in [0.1, 0.15) is 0 Å². The fourth-order valence-corrected chi connectivity index (χ4v) is 3.56. The summed E-state index contributed by atoms with van der Waals surface area (Å²) in [6.45, 7) is 10.2. The Morgan fingerprint density at radius 2 is 1.89 bits per heavy atom. The van der Waals surface area contributed by atoms with Crippen molar-refractivity contribution in [3.63, 3.8) is 0 Å². The lowest BCUT2D eigenvalue weighted by Crippen LogP contribution is -2.35. The van der Waals surface area contributed by atoms with E-state index in [1.807, 2.05) is 0 Å². The Labute approximate surface area is 112 Å². The van der Waals surface area contributed by atoms with E-state index in [9.17, 15) is 0 Å².